The number of fused-ring (bicyclic) bond motifs is 1. The Hall–Kier alpha value is -2.12. The molecule has 1 aliphatic carbocycles. The van der Waals surface area contributed by atoms with Crippen LogP contribution < -0.4 is 10.1 Å². The number of rotatable bonds is 4. The zero-order chi connectivity index (χ0) is 21.9. The van der Waals surface area contributed by atoms with E-state index in [1.54, 1.807) is 12.1 Å². The van der Waals surface area contributed by atoms with E-state index in [4.69, 9.17) is 39.2 Å². The molecule has 0 radical (unpaired) electrons. The van der Waals surface area contributed by atoms with Crippen LogP contribution in [0.1, 0.15) is 31.4 Å². The van der Waals surface area contributed by atoms with Gasteiger partial charge in [0, 0.05) is 22.6 Å². The number of thiazole rings is 1. The predicted molar refractivity (Wildman–Crippen MR) is 125 cm³/mol. The predicted octanol–water partition coefficient (Wildman–Crippen LogP) is 5.67. The summed E-state index contributed by atoms with van der Waals surface area (Å²) in [6.07, 6.45) is 3.52. The maximum Gasteiger partial charge on any atom is 0.291 e. The van der Waals surface area contributed by atoms with Gasteiger partial charge < -0.3 is 4.42 Å². The Kier molecular flexibility index (Phi) is 5.01. The van der Waals surface area contributed by atoms with Gasteiger partial charge in [-0.15, -0.1) is 5.10 Å². The molecule has 31 heavy (non-hydrogen) atoms. The van der Waals surface area contributed by atoms with Crippen LogP contribution in [0.4, 0.5) is 0 Å². The van der Waals surface area contributed by atoms with Gasteiger partial charge in [-0.25, -0.2) is 4.98 Å². The van der Waals surface area contributed by atoms with Gasteiger partial charge in [0.25, 0.3) is 5.56 Å². The van der Waals surface area contributed by atoms with Crippen LogP contribution in [0.3, 0.4) is 0 Å². The number of aromatic nitrogens is 3. The van der Waals surface area contributed by atoms with Gasteiger partial charge in [-0.1, -0.05) is 72.1 Å². The van der Waals surface area contributed by atoms with Crippen molar-refractivity contribution in [3.63, 3.8) is 0 Å². The zero-order valence-corrected chi connectivity index (χ0v) is 19.6. The van der Waals surface area contributed by atoms with Crippen LogP contribution in [0.5, 0.6) is 0 Å². The molecule has 1 fully saturated rings. The molecule has 0 spiro atoms. The molecule has 3 heterocycles. The van der Waals surface area contributed by atoms with E-state index in [1.807, 2.05) is 36.4 Å². The highest BCUT2D eigenvalue weighted by Gasteiger charge is 2.59. The van der Waals surface area contributed by atoms with E-state index in [0.717, 1.165) is 5.56 Å². The zero-order valence-electron chi connectivity index (χ0n) is 16.5. The average molecular weight is 493 g/mol. The largest absolute Gasteiger partial charge is 0.457 e. The number of allylic oxidation sites excluding steroid dienone is 1. The SMILES string of the molecule is CC1(C)[C@@H](C=C(Cl)Cl)[C@@H]1c1nc2s/c(=C/c3ccc(-c4cccc(Cl)c4)o3)c(=O)n2n1. The van der Waals surface area contributed by atoms with Gasteiger partial charge >= 0.3 is 0 Å². The lowest BCUT2D eigenvalue weighted by Gasteiger charge is -1.97. The van der Waals surface area contributed by atoms with Gasteiger partial charge in [0.15, 0.2) is 5.82 Å². The molecule has 5 nitrogen and oxygen atoms in total. The van der Waals surface area contributed by atoms with Gasteiger partial charge in [0.2, 0.25) is 4.96 Å². The van der Waals surface area contributed by atoms with Crippen molar-refractivity contribution < 1.29 is 4.42 Å². The summed E-state index contributed by atoms with van der Waals surface area (Å²) in [5.74, 6) is 2.10. The molecule has 0 N–H and O–H groups in total. The minimum absolute atomic E-state index is 0.0605. The molecular formula is C22H16Cl3N3O2S. The van der Waals surface area contributed by atoms with Crippen molar-refractivity contribution in [1.82, 2.24) is 14.6 Å². The summed E-state index contributed by atoms with van der Waals surface area (Å²) >= 11 is 19.0. The number of furan rings is 1. The molecule has 3 aromatic heterocycles. The monoisotopic (exact) mass is 491 g/mol. The van der Waals surface area contributed by atoms with Gasteiger partial charge in [0.1, 0.15) is 20.5 Å². The van der Waals surface area contributed by atoms with Gasteiger partial charge in [-0.05, 0) is 41.7 Å². The fourth-order valence-corrected chi connectivity index (χ4v) is 5.31. The molecule has 158 valence electrons. The first-order valence-corrected chi connectivity index (χ1v) is 11.5. The van der Waals surface area contributed by atoms with Crippen molar-refractivity contribution >= 4 is 57.2 Å². The Balaban J connectivity index is 1.47. The lowest BCUT2D eigenvalue weighted by atomic mass is 10.1. The van der Waals surface area contributed by atoms with E-state index in [0.29, 0.717) is 31.9 Å². The fraction of sp³-hybridized carbons (Fsp3) is 0.227. The summed E-state index contributed by atoms with van der Waals surface area (Å²) in [7, 11) is 0. The maximum atomic E-state index is 12.9. The Morgan fingerprint density at radius 3 is 2.77 bits per heavy atom. The van der Waals surface area contributed by atoms with E-state index in [-0.39, 0.29) is 27.3 Å². The number of benzene rings is 1. The number of nitrogens with zero attached hydrogens (tertiary/aromatic N) is 3. The highest BCUT2D eigenvalue weighted by molar-refractivity contribution is 7.15. The van der Waals surface area contributed by atoms with Crippen molar-refractivity contribution in [3.05, 3.63) is 78.5 Å². The minimum Gasteiger partial charge on any atom is -0.457 e. The molecule has 4 aromatic rings. The second-order valence-corrected chi connectivity index (χ2v) is 10.5. The average Bonchev–Trinajstić information content (AvgIpc) is 3.16. The summed E-state index contributed by atoms with van der Waals surface area (Å²) in [6.45, 7) is 4.22. The van der Waals surface area contributed by atoms with Crippen LogP contribution in [0.15, 0.2) is 56.2 Å². The highest BCUT2D eigenvalue weighted by Crippen LogP contribution is 2.64. The van der Waals surface area contributed by atoms with Crippen LogP contribution >= 0.6 is 46.1 Å². The number of hydrogen-bond donors (Lipinski definition) is 0. The molecule has 1 aromatic carbocycles. The summed E-state index contributed by atoms with van der Waals surface area (Å²) < 4.78 is 7.97. The van der Waals surface area contributed by atoms with Crippen LogP contribution in [-0.2, 0) is 0 Å². The normalized spacial score (nSPS) is 20.4. The molecule has 0 amide bonds. The Morgan fingerprint density at radius 1 is 1.26 bits per heavy atom. The van der Waals surface area contributed by atoms with Crippen LogP contribution in [0, 0.1) is 11.3 Å². The Labute approximate surface area is 196 Å². The first-order chi connectivity index (χ1) is 14.7. The smallest absolute Gasteiger partial charge is 0.291 e. The Bertz CT molecular complexity index is 1450. The topological polar surface area (TPSA) is 60.4 Å². The highest BCUT2D eigenvalue weighted by atomic mass is 35.5. The fourth-order valence-electron chi connectivity index (χ4n) is 3.95. The van der Waals surface area contributed by atoms with Crippen molar-refractivity contribution in [2.24, 2.45) is 11.3 Å². The molecule has 0 saturated heterocycles. The van der Waals surface area contributed by atoms with Crippen molar-refractivity contribution in [2.45, 2.75) is 19.8 Å². The van der Waals surface area contributed by atoms with E-state index in [1.165, 1.54) is 15.9 Å². The summed E-state index contributed by atoms with van der Waals surface area (Å²) in [5.41, 5.74) is 0.587. The van der Waals surface area contributed by atoms with E-state index >= 15 is 0 Å². The standard InChI is InChI=1S/C22H16Cl3N3O2S/c1-22(2)14(10-17(24)25)18(22)19-26-21-28(27-19)20(29)16(31-21)9-13-6-7-15(30-13)11-4-3-5-12(23)8-11/h3-10,14,18H,1-2H3/b16-9+/t14-,18+/m0/s1. The third kappa shape index (κ3) is 3.72. The number of hydrogen-bond acceptors (Lipinski definition) is 5. The number of halogens is 3. The molecule has 0 aliphatic heterocycles. The summed E-state index contributed by atoms with van der Waals surface area (Å²) in [6, 6.07) is 11.1. The van der Waals surface area contributed by atoms with Crippen LogP contribution in [0.2, 0.25) is 5.02 Å². The van der Waals surface area contributed by atoms with Gasteiger partial charge in [-0.2, -0.15) is 4.52 Å². The van der Waals surface area contributed by atoms with Crippen LogP contribution in [-0.4, -0.2) is 14.6 Å². The second-order valence-electron chi connectivity index (χ2n) is 8.07. The van der Waals surface area contributed by atoms with Crippen molar-refractivity contribution in [2.75, 3.05) is 0 Å². The van der Waals surface area contributed by atoms with Crippen molar-refractivity contribution in [3.8, 4) is 11.3 Å². The van der Waals surface area contributed by atoms with E-state index in [2.05, 4.69) is 23.9 Å². The first kappa shape index (κ1) is 20.8. The minimum atomic E-state index is -0.222. The lowest BCUT2D eigenvalue weighted by Crippen LogP contribution is -2.23. The molecule has 5 rings (SSSR count). The molecule has 0 bridgehead atoms. The molecule has 2 atom stereocenters. The second kappa shape index (κ2) is 7.48. The molecule has 1 saturated carbocycles. The molecule has 0 unspecified atom stereocenters. The first-order valence-electron chi connectivity index (χ1n) is 9.54. The lowest BCUT2D eigenvalue weighted by molar-refractivity contribution is 0.571. The maximum absolute atomic E-state index is 12.9. The van der Waals surface area contributed by atoms with Crippen LogP contribution in [0.25, 0.3) is 22.4 Å². The van der Waals surface area contributed by atoms with Gasteiger partial charge in [-0.3, -0.25) is 4.79 Å². The molecule has 1 aliphatic rings. The third-order valence-corrected chi connectivity index (χ3v) is 7.15. The third-order valence-electron chi connectivity index (χ3n) is 5.70. The molecular weight excluding hydrogens is 477 g/mol. The van der Waals surface area contributed by atoms with E-state index in [9.17, 15) is 4.79 Å². The summed E-state index contributed by atoms with van der Waals surface area (Å²) in [4.78, 5) is 18.0. The van der Waals surface area contributed by atoms with Crippen molar-refractivity contribution in [1.29, 1.82) is 0 Å². The Morgan fingerprint density at radius 2 is 2.06 bits per heavy atom. The quantitative estimate of drug-likeness (QED) is 0.368. The summed E-state index contributed by atoms with van der Waals surface area (Å²) in [5, 5.41) is 5.11. The van der Waals surface area contributed by atoms with E-state index < -0.39 is 0 Å². The molecule has 9 heteroatoms. The van der Waals surface area contributed by atoms with Gasteiger partial charge in [0.05, 0.1) is 0 Å².